The Bertz CT molecular complexity index is 274. The summed E-state index contributed by atoms with van der Waals surface area (Å²) in [5, 5.41) is 1.10. The van der Waals surface area contributed by atoms with Crippen LogP contribution < -0.4 is 0 Å². The molecule has 0 aromatic rings. The molecule has 1 rings (SSSR count). The molecule has 1 aliphatic rings. The van der Waals surface area contributed by atoms with Gasteiger partial charge >= 0.3 is 29.9 Å². The van der Waals surface area contributed by atoms with Crippen molar-refractivity contribution in [3.63, 3.8) is 0 Å². The van der Waals surface area contributed by atoms with Gasteiger partial charge in [-0.3, -0.25) is 6.08 Å². The van der Waals surface area contributed by atoms with E-state index in [2.05, 4.69) is 12.2 Å². The molecule has 0 aliphatic heterocycles. The van der Waals surface area contributed by atoms with Gasteiger partial charge in [0.2, 0.25) is 0 Å². The molecular formula is C15H30O3PtSi. The van der Waals surface area contributed by atoms with Crippen LogP contribution in [0.3, 0.4) is 0 Å². The van der Waals surface area contributed by atoms with Crippen LogP contribution in [0.4, 0.5) is 0 Å². The van der Waals surface area contributed by atoms with E-state index in [1.54, 1.807) is 0 Å². The van der Waals surface area contributed by atoms with Gasteiger partial charge in [0.25, 0.3) is 0 Å². The maximum absolute atomic E-state index is 5.83. The summed E-state index contributed by atoms with van der Waals surface area (Å²) in [4.78, 5) is 0. The van der Waals surface area contributed by atoms with Crippen LogP contribution >= 0.6 is 0 Å². The van der Waals surface area contributed by atoms with Gasteiger partial charge in [-0.1, -0.05) is 6.92 Å². The van der Waals surface area contributed by atoms with E-state index in [1.165, 1.54) is 0 Å². The molecule has 122 valence electrons. The van der Waals surface area contributed by atoms with E-state index in [-0.39, 0.29) is 43.3 Å². The molecule has 0 amide bonds. The molecule has 0 spiro atoms. The van der Waals surface area contributed by atoms with E-state index >= 15 is 0 Å². The van der Waals surface area contributed by atoms with Crippen LogP contribution in [0.25, 0.3) is 0 Å². The third-order valence-electron chi connectivity index (χ3n) is 2.41. The normalized spacial score (nSPS) is 13.0. The number of allylic oxidation sites excluding steroid dienone is 4. The molecule has 0 saturated carbocycles. The van der Waals surface area contributed by atoms with Crippen LogP contribution in [0.2, 0.25) is 0 Å². The number of hydrogen-bond donors (Lipinski definition) is 0. The van der Waals surface area contributed by atoms with Gasteiger partial charge in [0.05, 0.1) is 0 Å². The summed E-state index contributed by atoms with van der Waals surface area (Å²) in [7, 11) is -2.66. The Kier molecular flexibility index (Phi) is 20.2. The molecule has 0 atom stereocenters. The van der Waals surface area contributed by atoms with Crippen molar-refractivity contribution in [3.8, 4) is 0 Å². The average molecular weight is 482 g/mol. The van der Waals surface area contributed by atoms with Crippen molar-refractivity contribution in [1.82, 2.24) is 0 Å². The van der Waals surface area contributed by atoms with Gasteiger partial charge in [0, 0.05) is 19.8 Å². The first-order valence-electron chi connectivity index (χ1n) is 5.90. The Morgan fingerprint density at radius 3 is 1.65 bits per heavy atom. The monoisotopic (exact) mass is 481 g/mol. The van der Waals surface area contributed by atoms with E-state index in [1.807, 2.05) is 27.7 Å². The van der Waals surface area contributed by atoms with E-state index < -0.39 is 8.80 Å². The molecule has 20 heavy (non-hydrogen) atoms. The standard InChI is InChI=1S/C12H21O3Si.3CH3.Pt/c1-5-13-16(14-6-2,15-7-3)12-10-8-9-11(12)4;;;;/h10H,5-8H2,1-4H3;3*1H3;/q4*-1;+4. The predicted octanol–water partition coefficient (Wildman–Crippen LogP) is 4.00. The van der Waals surface area contributed by atoms with Gasteiger partial charge in [-0.25, -0.2) is 5.57 Å². The van der Waals surface area contributed by atoms with E-state index in [0.29, 0.717) is 19.8 Å². The molecule has 0 N–H and O–H groups in total. The fourth-order valence-corrected chi connectivity index (χ4v) is 4.59. The molecule has 3 nitrogen and oxygen atoms in total. The first-order valence-corrected chi connectivity index (χ1v) is 7.62. The first-order chi connectivity index (χ1) is 7.70. The minimum absolute atomic E-state index is 0. The van der Waals surface area contributed by atoms with E-state index in [9.17, 15) is 0 Å². The molecule has 0 heterocycles. The van der Waals surface area contributed by atoms with Crippen LogP contribution in [0.1, 0.15) is 34.1 Å². The summed E-state index contributed by atoms with van der Waals surface area (Å²) in [5.74, 6) is 0. The van der Waals surface area contributed by atoms with Gasteiger partial charge < -0.3 is 35.6 Å². The Morgan fingerprint density at radius 1 is 1.00 bits per heavy atom. The zero-order valence-corrected chi connectivity index (χ0v) is 17.2. The minimum atomic E-state index is -2.66. The Labute approximate surface area is 142 Å². The summed E-state index contributed by atoms with van der Waals surface area (Å²) in [6.45, 7) is 9.77. The summed E-state index contributed by atoms with van der Waals surface area (Å²) >= 11 is 0. The van der Waals surface area contributed by atoms with Crippen LogP contribution in [-0.4, -0.2) is 28.6 Å². The van der Waals surface area contributed by atoms with Crippen LogP contribution in [-0.2, 0) is 34.3 Å². The molecule has 0 saturated heterocycles. The van der Waals surface area contributed by atoms with Gasteiger partial charge in [-0.15, -0.1) is 11.6 Å². The molecule has 0 fully saturated rings. The van der Waals surface area contributed by atoms with Crippen LogP contribution in [0.15, 0.2) is 16.8 Å². The molecule has 0 aromatic heterocycles. The molecular weight excluding hydrogens is 451 g/mol. The fourth-order valence-electron chi connectivity index (χ4n) is 1.84. The second-order valence-electron chi connectivity index (χ2n) is 3.48. The summed E-state index contributed by atoms with van der Waals surface area (Å²) in [5.41, 5.74) is 1.11. The molecule has 5 heteroatoms. The average Bonchev–Trinajstić information content (AvgIpc) is 2.66. The Hall–Kier alpha value is 0.265. The molecule has 0 radical (unpaired) electrons. The zero-order valence-electron chi connectivity index (χ0n) is 13.9. The first kappa shape index (κ1) is 28.4. The van der Waals surface area contributed by atoms with E-state index in [4.69, 9.17) is 13.3 Å². The third-order valence-corrected chi connectivity index (χ3v) is 5.66. The number of hydrogen-bond acceptors (Lipinski definition) is 3. The Morgan fingerprint density at radius 2 is 1.40 bits per heavy atom. The van der Waals surface area contributed by atoms with Crippen LogP contribution in [0, 0.1) is 28.4 Å². The maximum Gasteiger partial charge on any atom is 4.00 e. The van der Waals surface area contributed by atoms with Gasteiger partial charge in [0.15, 0.2) is 0 Å². The third kappa shape index (κ3) is 6.81. The van der Waals surface area contributed by atoms with Crippen LogP contribution in [0.5, 0.6) is 0 Å². The summed E-state index contributed by atoms with van der Waals surface area (Å²) in [6, 6.07) is 0. The maximum atomic E-state index is 5.83. The predicted molar refractivity (Wildman–Crippen MR) is 85.0 cm³/mol. The largest absolute Gasteiger partial charge is 4.00 e. The topological polar surface area (TPSA) is 27.7 Å². The van der Waals surface area contributed by atoms with Gasteiger partial charge in [-0.05, 0) is 20.8 Å². The van der Waals surface area contributed by atoms with Crippen molar-refractivity contribution in [2.75, 3.05) is 19.8 Å². The molecule has 0 unspecified atom stereocenters. The van der Waals surface area contributed by atoms with Crippen molar-refractivity contribution in [2.45, 2.75) is 34.1 Å². The second kappa shape index (κ2) is 14.2. The second-order valence-corrected chi connectivity index (χ2v) is 6.00. The Balaban J connectivity index is -0.000000320. The SMILES string of the molecule is CCO[Si](OCC)(OCC)C1=CC[C-]=C1C.[CH3-].[CH3-].[CH3-].[Pt+4]. The number of rotatable bonds is 7. The quantitative estimate of drug-likeness (QED) is 0.407. The summed E-state index contributed by atoms with van der Waals surface area (Å²) < 4.78 is 17.5. The molecule has 1 aliphatic carbocycles. The van der Waals surface area contributed by atoms with Crippen molar-refractivity contribution in [1.29, 1.82) is 0 Å². The molecule has 0 aromatic carbocycles. The summed E-state index contributed by atoms with van der Waals surface area (Å²) in [6.07, 6.45) is 6.22. The van der Waals surface area contributed by atoms with E-state index in [0.717, 1.165) is 17.2 Å². The smallest absolute Gasteiger partial charge is 0.382 e. The minimum Gasteiger partial charge on any atom is -0.382 e. The van der Waals surface area contributed by atoms with Crippen molar-refractivity contribution in [3.05, 3.63) is 45.2 Å². The van der Waals surface area contributed by atoms with Crippen molar-refractivity contribution < 1.29 is 34.3 Å². The van der Waals surface area contributed by atoms with Crippen molar-refractivity contribution in [2.24, 2.45) is 0 Å². The van der Waals surface area contributed by atoms with Gasteiger partial charge in [-0.2, -0.15) is 6.08 Å². The fraction of sp³-hybridized carbons (Fsp3) is 0.533. The van der Waals surface area contributed by atoms with Crippen molar-refractivity contribution >= 4 is 8.80 Å². The van der Waals surface area contributed by atoms with Gasteiger partial charge in [0.1, 0.15) is 0 Å². The molecule has 0 bridgehead atoms. The zero-order chi connectivity index (χ0) is 12.0.